The third-order valence-corrected chi connectivity index (χ3v) is 3.36. The van der Waals surface area contributed by atoms with E-state index in [9.17, 15) is 0 Å². The van der Waals surface area contributed by atoms with E-state index >= 15 is 0 Å². The van der Waals surface area contributed by atoms with Gasteiger partial charge in [-0.15, -0.1) is 0 Å². The van der Waals surface area contributed by atoms with Crippen molar-refractivity contribution >= 4 is 0 Å². The second kappa shape index (κ2) is 4.64. The van der Waals surface area contributed by atoms with Crippen molar-refractivity contribution in [2.75, 3.05) is 19.9 Å². The molecule has 4 nitrogen and oxygen atoms in total. The first kappa shape index (κ1) is 11.0. The fraction of sp³-hybridized carbons (Fsp3) is 0.538. The first-order valence-corrected chi connectivity index (χ1v) is 6.12. The molecule has 2 fully saturated rings. The van der Waals surface area contributed by atoms with E-state index < -0.39 is 5.97 Å². The standard InChI is InChI=1S/C13H17NO3/c1-2-4-12(5-3-1)17-13(15-10-16-13)11-6-8-14-9-7-11/h1-5,11,14H,6-10H2. The highest BCUT2D eigenvalue weighted by molar-refractivity contribution is 5.21. The normalized spacial score (nSPS) is 24.0. The number of piperidine rings is 1. The summed E-state index contributed by atoms with van der Waals surface area (Å²) in [6.07, 6.45) is 2.04. The number of hydrogen-bond acceptors (Lipinski definition) is 4. The lowest BCUT2D eigenvalue weighted by Crippen LogP contribution is -2.59. The largest absolute Gasteiger partial charge is 0.439 e. The van der Waals surface area contributed by atoms with Gasteiger partial charge in [-0.25, -0.2) is 0 Å². The van der Waals surface area contributed by atoms with E-state index in [2.05, 4.69) is 5.32 Å². The minimum atomic E-state index is -0.844. The van der Waals surface area contributed by atoms with Crippen molar-refractivity contribution in [3.05, 3.63) is 30.3 Å². The molecule has 0 bridgehead atoms. The molecule has 0 spiro atoms. The van der Waals surface area contributed by atoms with Gasteiger partial charge in [-0.1, -0.05) is 18.2 Å². The summed E-state index contributed by atoms with van der Waals surface area (Å²) in [6.45, 7) is 2.32. The lowest BCUT2D eigenvalue weighted by atomic mass is 9.94. The van der Waals surface area contributed by atoms with Gasteiger partial charge in [0.2, 0.25) is 0 Å². The van der Waals surface area contributed by atoms with Crippen LogP contribution in [0.5, 0.6) is 5.75 Å². The molecule has 3 rings (SSSR count). The molecule has 0 atom stereocenters. The van der Waals surface area contributed by atoms with E-state index in [1.807, 2.05) is 30.3 Å². The quantitative estimate of drug-likeness (QED) is 0.866. The molecule has 2 heterocycles. The second-order valence-corrected chi connectivity index (χ2v) is 4.45. The Bertz CT molecular complexity index is 358. The topological polar surface area (TPSA) is 39.7 Å². The van der Waals surface area contributed by atoms with Crippen molar-refractivity contribution in [1.29, 1.82) is 0 Å². The van der Waals surface area contributed by atoms with Crippen molar-refractivity contribution in [2.24, 2.45) is 5.92 Å². The number of benzene rings is 1. The van der Waals surface area contributed by atoms with Gasteiger partial charge in [-0.2, -0.15) is 0 Å². The molecular formula is C13H17NO3. The summed E-state index contributed by atoms with van der Waals surface area (Å²) in [4.78, 5) is 0. The highest BCUT2D eigenvalue weighted by Crippen LogP contribution is 2.38. The van der Waals surface area contributed by atoms with Gasteiger partial charge in [-0.3, -0.25) is 9.47 Å². The maximum absolute atomic E-state index is 5.91. The monoisotopic (exact) mass is 235 g/mol. The second-order valence-electron chi connectivity index (χ2n) is 4.45. The smallest absolute Gasteiger partial charge is 0.334 e. The number of para-hydroxylation sites is 1. The van der Waals surface area contributed by atoms with E-state index in [0.717, 1.165) is 31.7 Å². The summed E-state index contributed by atoms with van der Waals surface area (Å²) in [6, 6.07) is 9.71. The van der Waals surface area contributed by atoms with Crippen LogP contribution < -0.4 is 10.1 Å². The van der Waals surface area contributed by atoms with Crippen LogP contribution in [0, 0.1) is 5.92 Å². The Labute approximate surface area is 101 Å². The summed E-state index contributed by atoms with van der Waals surface area (Å²) in [5.74, 6) is 0.257. The van der Waals surface area contributed by atoms with Gasteiger partial charge in [0.05, 0.1) is 5.92 Å². The van der Waals surface area contributed by atoms with Gasteiger partial charge in [-0.05, 0) is 38.1 Å². The van der Waals surface area contributed by atoms with Crippen molar-refractivity contribution in [3.63, 3.8) is 0 Å². The van der Waals surface area contributed by atoms with Crippen molar-refractivity contribution in [2.45, 2.75) is 18.8 Å². The van der Waals surface area contributed by atoms with Crippen LogP contribution in [-0.2, 0) is 9.47 Å². The van der Waals surface area contributed by atoms with Gasteiger partial charge in [0, 0.05) is 0 Å². The third-order valence-electron chi connectivity index (χ3n) is 3.36. The zero-order valence-electron chi connectivity index (χ0n) is 9.72. The number of nitrogens with one attached hydrogen (secondary N) is 1. The van der Waals surface area contributed by atoms with Crippen molar-refractivity contribution in [3.8, 4) is 5.75 Å². The van der Waals surface area contributed by atoms with E-state index in [1.165, 1.54) is 0 Å². The predicted octanol–water partition coefficient (Wildman–Crippen LogP) is 1.72. The summed E-state index contributed by atoms with van der Waals surface area (Å²) >= 11 is 0. The summed E-state index contributed by atoms with van der Waals surface area (Å²) < 4.78 is 17.1. The lowest BCUT2D eigenvalue weighted by molar-refractivity contribution is -0.496. The molecule has 0 amide bonds. The van der Waals surface area contributed by atoms with Crippen LogP contribution in [0.25, 0.3) is 0 Å². The molecule has 2 saturated heterocycles. The Morgan fingerprint density at radius 3 is 2.41 bits per heavy atom. The van der Waals surface area contributed by atoms with Crippen LogP contribution >= 0.6 is 0 Å². The fourth-order valence-electron chi connectivity index (χ4n) is 2.38. The molecule has 0 saturated carbocycles. The molecule has 0 aliphatic carbocycles. The Hall–Kier alpha value is -1.10. The highest BCUT2D eigenvalue weighted by atomic mass is 17.0. The van der Waals surface area contributed by atoms with Crippen LogP contribution in [0.15, 0.2) is 30.3 Å². The first-order valence-electron chi connectivity index (χ1n) is 6.12. The fourth-order valence-corrected chi connectivity index (χ4v) is 2.38. The summed E-state index contributed by atoms with van der Waals surface area (Å²) in [5, 5.41) is 3.33. The van der Waals surface area contributed by atoms with Crippen LogP contribution in [0.3, 0.4) is 0 Å². The zero-order valence-corrected chi connectivity index (χ0v) is 9.72. The van der Waals surface area contributed by atoms with Crippen LogP contribution in [0.1, 0.15) is 12.8 Å². The minimum absolute atomic E-state index is 0.303. The molecule has 0 aromatic heterocycles. The third kappa shape index (κ3) is 2.16. The van der Waals surface area contributed by atoms with E-state index in [-0.39, 0.29) is 0 Å². The maximum atomic E-state index is 5.91. The van der Waals surface area contributed by atoms with E-state index in [1.54, 1.807) is 0 Å². The Morgan fingerprint density at radius 2 is 1.82 bits per heavy atom. The van der Waals surface area contributed by atoms with E-state index in [4.69, 9.17) is 14.2 Å². The Balaban J connectivity index is 1.73. The Kier molecular flexibility index (Phi) is 3.01. The average molecular weight is 235 g/mol. The molecule has 2 aliphatic rings. The molecule has 0 radical (unpaired) electrons. The van der Waals surface area contributed by atoms with Crippen LogP contribution in [-0.4, -0.2) is 25.9 Å². The van der Waals surface area contributed by atoms with Gasteiger partial charge in [0.15, 0.2) is 6.79 Å². The summed E-state index contributed by atoms with van der Waals surface area (Å²) in [5.41, 5.74) is 0. The van der Waals surface area contributed by atoms with Crippen LogP contribution in [0.4, 0.5) is 0 Å². The number of rotatable bonds is 3. The lowest BCUT2D eigenvalue weighted by Gasteiger charge is -2.46. The number of hydrogen-bond donors (Lipinski definition) is 1. The zero-order chi connectivity index (χ0) is 11.6. The molecule has 17 heavy (non-hydrogen) atoms. The predicted molar refractivity (Wildman–Crippen MR) is 62.4 cm³/mol. The van der Waals surface area contributed by atoms with Gasteiger partial charge in [0.1, 0.15) is 5.75 Å². The van der Waals surface area contributed by atoms with Crippen LogP contribution in [0.2, 0.25) is 0 Å². The van der Waals surface area contributed by atoms with Gasteiger partial charge in [0.25, 0.3) is 0 Å². The Morgan fingerprint density at radius 1 is 1.12 bits per heavy atom. The van der Waals surface area contributed by atoms with Gasteiger partial charge >= 0.3 is 5.97 Å². The molecule has 92 valence electrons. The summed E-state index contributed by atoms with van der Waals surface area (Å²) in [7, 11) is 0. The van der Waals surface area contributed by atoms with Crippen molar-refractivity contribution < 1.29 is 14.2 Å². The molecule has 1 N–H and O–H groups in total. The molecule has 1 aromatic carbocycles. The van der Waals surface area contributed by atoms with Gasteiger partial charge < -0.3 is 10.1 Å². The number of ether oxygens (including phenoxy) is 3. The molecular weight excluding hydrogens is 218 g/mol. The molecule has 4 heteroatoms. The SMILES string of the molecule is c1ccc(OC2(C3CCNCC3)OCO2)cc1. The molecule has 1 aromatic rings. The average Bonchev–Trinajstić information content (AvgIpc) is 2.36. The first-order chi connectivity index (χ1) is 8.39. The highest BCUT2D eigenvalue weighted by Gasteiger charge is 2.50. The molecule has 0 unspecified atom stereocenters. The maximum Gasteiger partial charge on any atom is 0.334 e. The minimum Gasteiger partial charge on any atom is -0.439 e. The molecule has 2 aliphatic heterocycles. The van der Waals surface area contributed by atoms with E-state index in [0.29, 0.717) is 12.7 Å². The van der Waals surface area contributed by atoms with Crippen molar-refractivity contribution in [1.82, 2.24) is 5.32 Å².